The van der Waals surface area contributed by atoms with Crippen molar-refractivity contribution in [3.05, 3.63) is 36.1 Å². The number of amides is 1. The van der Waals surface area contributed by atoms with E-state index in [0.717, 1.165) is 16.7 Å². The van der Waals surface area contributed by atoms with Crippen LogP contribution in [0.25, 0.3) is 11.0 Å². The average Bonchev–Trinajstić information content (AvgIpc) is 2.87. The third-order valence-electron chi connectivity index (χ3n) is 3.89. The summed E-state index contributed by atoms with van der Waals surface area (Å²) >= 11 is 0. The Morgan fingerprint density at radius 3 is 2.57 bits per heavy atom. The lowest BCUT2D eigenvalue weighted by Crippen LogP contribution is -2.43. The molecule has 126 valence electrons. The molecule has 0 fully saturated rings. The summed E-state index contributed by atoms with van der Waals surface area (Å²) in [6.07, 6.45) is 0. The van der Waals surface area contributed by atoms with Gasteiger partial charge in [0.1, 0.15) is 11.3 Å². The van der Waals surface area contributed by atoms with E-state index in [9.17, 15) is 9.90 Å². The van der Waals surface area contributed by atoms with Crippen molar-refractivity contribution in [2.75, 3.05) is 27.2 Å². The molecule has 1 unspecified atom stereocenters. The third kappa shape index (κ3) is 4.56. The standard InChI is InChI=1S/C18H26N2O3/c1-13(16-10-14-8-6-7-9-15(14)23-16)20(5)17(21)11-19(4)12-18(2,3)22/h6-10,13,22H,11-12H2,1-5H3. The summed E-state index contributed by atoms with van der Waals surface area (Å²) in [6, 6.07) is 9.64. The summed E-state index contributed by atoms with van der Waals surface area (Å²) in [5.41, 5.74) is 0.00662. The highest BCUT2D eigenvalue weighted by Crippen LogP contribution is 2.26. The second-order valence-electron chi connectivity index (χ2n) is 6.85. The lowest BCUT2D eigenvalue weighted by atomic mass is 10.1. The number of likely N-dealkylation sites (N-methyl/N-ethyl adjacent to an activating group) is 2. The van der Waals surface area contributed by atoms with Crippen LogP contribution < -0.4 is 0 Å². The molecular formula is C18H26N2O3. The van der Waals surface area contributed by atoms with E-state index < -0.39 is 5.60 Å². The van der Waals surface area contributed by atoms with Crippen molar-refractivity contribution >= 4 is 16.9 Å². The summed E-state index contributed by atoms with van der Waals surface area (Å²) in [6.45, 7) is 6.10. The Labute approximate surface area is 137 Å². The zero-order valence-corrected chi connectivity index (χ0v) is 14.5. The second-order valence-corrected chi connectivity index (χ2v) is 6.85. The molecule has 5 nitrogen and oxygen atoms in total. The van der Waals surface area contributed by atoms with Gasteiger partial charge in [0, 0.05) is 19.0 Å². The number of fused-ring (bicyclic) bond motifs is 1. The van der Waals surface area contributed by atoms with Gasteiger partial charge < -0.3 is 14.4 Å². The van der Waals surface area contributed by atoms with Gasteiger partial charge in [-0.1, -0.05) is 18.2 Å². The van der Waals surface area contributed by atoms with Crippen molar-refractivity contribution in [3.8, 4) is 0 Å². The summed E-state index contributed by atoms with van der Waals surface area (Å²) in [5, 5.41) is 10.9. The maximum absolute atomic E-state index is 12.4. The molecule has 0 saturated heterocycles. The Balaban J connectivity index is 2.03. The summed E-state index contributed by atoms with van der Waals surface area (Å²) < 4.78 is 5.84. The topological polar surface area (TPSA) is 56.9 Å². The van der Waals surface area contributed by atoms with Crippen LogP contribution in [-0.2, 0) is 4.79 Å². The molecule has 2 aromatic rings. The fourth-order valence-electron chi connectivity index (χ4n) is 2.67. The van der Waals surface area contributed by atoms with Gasteiger partial charge in [-0.15, -0.1) is 0 Å². The van der Waals surface area contributed by atoms with Gasteiger partial charge in [0.2, 0.25) is 5.91 Å². The molecular weight excluding hydrogens is 292 g/mol. The zero-order valence-electron chi connectivity index (χ0n) is 14.5. The summed E-state index contributed by atoms with van der Waals surface area (Å²) in [4.78, 5) is 15.9. The lowest BCUT2D eigenvalue weighted by molar-refractivity contribution is -0.133. The highest BCUT2D eigenvalue weighted by atomic mass is 16.3. The van der Waals surface area contributed by atoms with Crippen molar-refractivity contribution < 1.29 is 14.3 Å². The quantitative estimate of drug-likeness (QED) is 0.889. The van der Waals surface area contributed by atoms with Crippen molar-refractivity contribution in [1.29, 1.82) is 0 Å². The number of nitrogens with zero attached hydrogens (tertiary/aromatic N) is 2. The van der Waals surface area contributed by atoms with E-state index in [0.29, 0.717) is 6.54 Å². The summed E-state index contributed by atoms with van der Waals surface area (Å²) in [7, 11) is 3.60. The van der Waals surface area contributed by atoms with Gasteiger partial charge in [-0.05, 0) is 40.0 Å². The van der Waals surface area contributed by atoms with Gasteiger partial charge in [0.15, 0.2) is 0 Å². The summed E-state index contributed by atoms with van der Waals surface area (Å²) in [5.74, 6) is 0.761. The average molecular weight is 318 g/mol. The largest absolute Gasteiger partial charge is 0.459 e. The van der Waals surface area contributed by atoms with Crippen LogP contribution in [0.4, 0.5) is 0 Å². The Bertz CT molecular complexity index is 639. The molecule has 0 spiro atoms. The fraction of sp³-hybridized carbons (Fsp3) is 0.500. The second kappa shape index (κ2) is 6.72. The molecule has 0 aliphatic rings. The molecule has 0 radical (unpaired) electrons. The van der Waals surface area contributed by atoms with Crippen LogP contribution in [0.2, 0.25) is 0 Å². The maximum atomic E-state index is 12.4. The molecule has 5 heteroatoms. The molecule has 1 aromatic heterocycles. The number of para-hydroxylation sites is 1. The molecule has 0 bridgehead atoms. The predicted octanol–water partition coefficient (Wildman–Crippen LogP) is 2.65. The molecule has 1 atom stereocenters. The molecule has 0 aliphatic heterocycles. The van der Waals surface area contributed by atoms with Crippen LogP contribution in [0.15, 0.2) is 34.7 Å². The molecule has 1 heterocycles. The van der Waals surface area contributed by atoms with Crippen molar-refractivity contribution in [2.24, 2.45) is 0 Å². The van der Waals surface area contributed by atoms with Crippen LogP contribution in [0.5, 0.6) is 0 Å². The predicted molar refractivity (Wildman–Crippen MR) is 91.2 cm³/mol. The first-order valence-corrected chi connectivity index (χ1v) is 7.82. The molecule has 23 heavy (non-hydrogen) atoms. The fourth-order valence-corrected chi connectivity index (χ4v) is 2.67. The van der Waals surface area contributed by atoms with Crippen LogP contribution in [0.1, 0.15) is 32.6 Å². The van der Waals surface area contributed by atoms with E-state index in [1.165, 1.54) is 0 Å². The van der Waals surface area contributed by atoms with E-state index >= 15 is 0 Å². The van der Waals surface area contributed by atoms with E-state index in [1.807, 2.05) is 49.2 Å². The Morgan fingerprint density at radius 1 is 1.30 bits per heavy atom. The number of rotatable bonds is 6. The van der Waals surface area contributed by atoms with Gasteiger partial charge in [-0.3, -0.25) is 9.69 Å². The van der Waals surface area contributed by atoms with Gasteiger partial charge >= 0.3 is 0 Å². The number of carbonyl (C=O) groups excluding carboxylic acids is 1. The lowest BCUT2D eigenvalue weighted by Gasteiger charge is -2.28. The van der Waals surface area contributed by atoms with Crippen LogP contribution in [-0.4, -0.2) is 53.6 Å². The van der Waals surface area contributed by atoms with Gasteiger partial charge in [0.05, 0.1) is 18.2 Å². The zero-order chi connectivity index (χ0) is 17.2. The molecule has 2 rings (SSSR count). The minimum atomic E-state index is -0.821. The van der Waals surface area contributed by atoms with Gasteiger partial charge in [-0.2, -0.15) is 0 Å². The number of benzene rings is 1. The third-order valence-corrected chi connectivity index (χ3v) is 3.89. The SMILES string of the molecule is CC(c1cc2ccccc2o1)N(C)C(=O)CN(C)CC(C)(C)O. The Hall–Kier alpha value is -1.85. The van der Waals surface area contributed by atoms with Gasteiger partial charge in [0.25, 0.3) is 0 Å². The van der Waals surface area contributed by atoms with E-state index in [2.05, 4.69) is 0 Å². The Morgan fingerprint density at radius 2 is 1.96 bits per heavy atom. The van der Waals surface area contributed by atoms with Crippen molar-refractivity contribution in [2.45, 2.75) is 32.4 Å². The molecule has 1 N–H and O–H groups in total. The van der Waals surface area contributed by atoms with Crippen molar-refractivity contribution in [3.63, 3.8) is 0 Å². The highest BCUT2D eigenvalue weighted by molar-refractivity contribution is 5.80. The van der Waals surface area contributed by atoms with Crippen LogP contribution in [0.3, 0.4) is 0 Å². The molecule has 1 aromatic carbocycles. The molecule has 0 aliphatic carbocycles. The monoisotopic (exact) mass is 318 g/mol. The van der Waals surface area contributed by atoms with E-state index in [1.54, 1.807) is 25.8 Å². The minimum Gasteiger partial charge on any atom is -0.459 e. The first-order chi connectivity index (χ1) is 10.7. The van der Waals surface area contributed by atoms with Gasteiger partial charge in [-0.25, -0.2) is 0 Å². The number of carbonyl (C=O) groups is 1. The molecule has 0 saturated carbocycles. The minimum absolute atomic E-state index is 0.00953. The number of hydrogen-bond donors (Lipinski definition) is 1. The van der Waals surface area contributed by atoms with E-state index in [-0.39, 0.29) is 18.5 Å². The first-order valence-electron chi connectivity index (χ1n) is 7.82. The van der Waals surface area contributed by atoms with Crippen LogP contribution in [0, 0.1) is 0 Å². The molecule has 1 amide bonds. The van der Waals surface area contributed by atoms with E-state index in [4.69, 9.17) is 4.42 Å². The first kappa shape index (κ1) is 17.5. The highest BCUT2D eigenvalue weighted by Gasteiger charge is 2.23. The number of furan rings is 1. The number of hydrogen-bond acceptors (Lipinski definition) is 4. The smallest absolute Gasteiger partial charge is 0.237 e. The normalized spacial score (nSPS) is 13.5. The van der Waals surface area contributed by atoms with Crippen LogP contribution >= 0.6 is 0 Å². The Kier molecular flexibility index (Phi) is 5.12. The maximum Gasteiger partial charge on any atom is 0.237 e. The van der Waals surface area contributed by atoms with Crippen molar-refractivity contribution in [1.82, 2.24) is 9.80 Å². The number of aliphatic hydroxyl groups is 1.